The van der Waals surface area contributed by atoms with Gasteiger partial charge in [-0.15, -0.1) is 0 Å². The van der Waals surface area contributed by atoms with Crippen LogP contribution in [0.2, 0.25) is 0 Å². The summed E-state index contributed by atoms with van der Waals surface area (Å²) in [6.07, 6.45) is -0.0440. The molecule has 0 aliphatic heterocycles. The Balaban J connectivity index is 2.26. The number of benzene rings is 2. The maximum atomic E-state index is 11.6. The number of amides is 1. The van der Waals surface area contributed by atoms with Gasteiger partial charge < -0.3 is 15.6 Å². The molecule has 3 N–H and O–H groups in total. The zero-order valence-electron chi connectivity index (χ0n) is 15.2. The lowest BCUT2D eigenvalue weighted by Crippen LogP contribution is -2.44. The lowest BCUT2D eigenvalue weighted by molar-refractivity contribution is 0.0956. The van der Waals surface area contributed by atoms with Gasteiger partial charge >= 0.3 is 6.09 Å². The maximum absolute atomic E-state index is 11.6. The highest BCUT2D eigenvalue weighted by Gasteiger charge is 2.26. The van der Waals surface area contributed by atoms with Crippen molar-refractivity contribution in [3.63, 3.8) is 0 Å². The van der Waals surface area contributed by atoms with Crippen molar-refractivity contribution in [1.82, 2.24) is 4.90 Å². The monoisotopic (exact) mass is 342 g/mol. The third kappa shape index (κ3) is 4.89. The average molecular weight is 342 g/mol. The second kappa shape index (κ2) is 7.47. The van der Waals surface area contributed by atoms with Crippen LogP contribution in [0.3, 0.4) is 0 Å². The fourth-order valence-electron chi connectivity index (χ4n) is 2.51. The number of carbonyl (C=O) groups is 1. The number of carboxylic acid groups (broad SMARTS) is 1. The van der Waals surface area contributed by atoms with E-state index in [1.54, 1.807) is 18.2 Å². The van der Waals surface area contributed by atoms with Crippen molar-refractivity contribution in [2.45, 2.75) is 46.2 Å². The van der Waals surface area contributed by atoms with Gasteiger partial charge in [0.05, 0.1) is 6.54 Å². The van der Waals surface area contributed by atoms with Gasteiger partial charge in [-0.1, -0.05) is 19.1 Å². The quantitative estimate of drug-likeness (QED) is 0.758. The molecule has 0 atom stereocenters. The summed E-state index contributed by atoms with van der Waals surface area (Å²) in [5.41, 5.74) is 7.98. The minimum Gasteiger partial charge on any atom is -0.465 e. The molecule has 0 saturated heterocycles. The highest BCUT2D eigenvalue weighted by Crippen LogP contribution is 2.28. The normalized spacial score (nSPS) is 11.2. The van der Waals surface area contributed by atoms with Gasteiger partial charge in [0.15, 0.2) is 0 Å². The molecular formula is C20H26N2O3. The van der Waals surface area contributed by atoms with Gasteiger partial charge in [0.1, 0.15) is 11.5 Å². The van der Waals surface area contributed by atoms with Crippen molar-refractivity contribution in [3.8, 4) is 11.5 Å². The van der Waals surface area contributed by atoms with Gasteiger partial charge in [-0.25, -0.2) is 4.79 Å². The zero-order chi connectivity index (χ0) is 18.6. The molecule has 0 unspecified atom stereocenters. The summed E-state index contributed by atoms with van der Waals surface area (Å²) in [6, 6.07) is 13.2. The van der Waals surface area contributed by atoms with Crippen LogP contribution in [-0.4, -0.2) is 21.6 Å². The summed E-state index contributed by atoms with van der Waals surface area (Å²) in [5.74, 6) is 1.39. The van der Waals surface area contributed by atoms with E-state index in [0.29, 0.717) is 11.4 Å². The SMILES string of the molecule is CCc1cccc(Oc2ccc(N)c(CN(C(=O)O)C(C)(C)C)c2)c1. The van der Waals surface area contributed by atoms with Crippen molar-refractivity contribution in [1.29, 1.82) is 0 Å². The number of nitrogens with zero attached hydrogens (tertiary/aromatic N) is 1. The van der Waals surface area contributed by atoms with Crippen LogP contribution in [0.1, 0.15) is 38.8 Å². The molecule has 0 bridgehead atoms. The molecule has 2 aromatic carbocycles. The van der Waals surface area contributed by atoms with E-state index in [-0.39, 0.29) is 6.54 Å². The first kappa shape index (κ1) is 18.6. The fourth-order valence-corrected chi connectivity index (χ4v) is 2.51. The molecule has 5 heteroatoms. The molecule has 0 fully saturated rings. The molecule has 2 aromatic rings. The van der Waals surface area contributed by atoms with E-state index >= 15 is 0 Å². The summed E-state index contributed by atoms with van der Waals surface area (Å²) < 4.78 is 5.92. The topological polar surface area (TPSA) is 75.8 Å². The van der Waals surface area contributed by atoms with Crippen LogP contribution in [0, 0.1) is 0 Å². The van der Waals surface area contributed by atoms with Gasteiger partial charge in [0, 0.05) is 11.2 Å². The van der Waals surface area contributed by atoms with Crippen LogP contribution in [0.25, 0.3) is 0 Å². The Kier molecular flexibility index (Phi) is 5.57. The van der Waals surface area contributed by atoms with Crippen molar-refractivity contribution in [3.05, 3.63) is 53.6 Å². The molecule has 0 aliphatic rings. The summed E-state index contributed by atoms with van der Waals surface area (Å²) in [4.78, 5) is 12.9. The van der Waals surface area contributed by atoms with Crippen LogP contribution in [0.15, 0.2) is 42.5 Å². The van der Waals surface area contributed by atoms with Crippen LogP contribution in [0.4, 0.5) is 10.5 Å². The van der Waals surface area contributed by atoms with Crippen LogP contribution >= 0.6 is 0 Å². The van der Waals surface area contributed by atoms with E-state index in [1.807, 2.05) is 39.0 Å². The Hall–Kier alpha value is -2.69. The maximum Gasteiger partial charge on any atom is 0.408 e. The number of hydrogen-bond donors (Lipinski definition) is 2. The Morgan fingerprint density at radius 2 is 1.84 bits per heavy atom. The van der Waals surface area contributed by atoms with Crippen molar-refractivity contribution < 1.29 is 14.6 Å². The number of aryl methyl sites for hydroxylation is 1. The average Bonchev–Trinajstić information content (AvgIpc) is 2.54. The number of hydrogen-bond acceptors (Lipinski definition) is 3. The zero-order valence-corrected chi connectivity index (χ0v) is 15.2. The molecule has 134 valence electrons. The molecule has 0 aliphatic carbocycles. The predicted octanol–water partition coefficient (Wildman–Crippen LogP) is 4.90. The highest BCUT2D eigenvalue weighted by molar-refractivity contribution is 5.66. The fraction of sp³-hybridized carbons (Fsp3) is 0.350. The lowest BCUT2D eigenvalue weighted by atomic mass is 10.0. The van der Waals surface area contributed by atoms with E-state index in [4.69, 9.17) is 10.5 Å². The highest BCUT2D eigenvalue weighted by atomic mass is 16.5. The van der Waals surface area contributed by atoms with Gasteiger partial charge in [0.25, 0.3) is 0 Å². The summed E-state index contributed by atoms with van der Waals surface area (Å²) in [6.45, 7) is 7.86. The molecule has 5 nitrogen and oxygen atoms in total. The Labute approximate surface area is 149 Å². The molecule has 25 heavy (non-hydrogen) atoms. The van der Waals surface area contributed by atoms with Crippen LogP contribution in [0.5, 0.6) is 11.5 Å². The Morgan fingerprint density at radius 1 is 1.16 bits per heavy atom. The van der Waals surface area contributed by atoms with Crippen molar-refractivity contribution in [2.75, 3.05) is 5.73 Å². The largest absolute Gasteiger partial charge is 0.465 e. The molecule has 0 spiro atoms. The van der Waals surface area contributed by atoms with Gasteiger partial charge in [-0.3, -0.25) is 4.90 Å². The molecule has 0 heterocycles. The Morgan fingerprint density at radius 3 is 2.44 bits per heavy atom. The summed E-state index contributed by atoms with van der Waals surface area (Å²) in [5, 5.41) is 9.48. The van der Waals surface area contributed by atoms with Gasteiger partial charge in [-0.2, -0.15) is 0 Å². The standard InChI is InChI=1S/C20H26N2O3/c1-5-14-7-6-8-16(11-14)25-17-9-10-18(21)15(12-17)13-22(19(23)24)20(2,3)4/h6-12H,5,13,21H2,1-4H3,(H,23,24). The van der Waals surface area contributed by atoms with E-state index < -0.39 is 11.6 Å². The molecule has 0 saturated carbocycles. The molecular weight excluding hydrogens is 316 g/mol. The minimum absolute atomic E-state index is 0.205. The van der Waals surface area contributed by atoms with Crippen LogP contribution in [-0.2, 0) is 13.0 Å². The Bertz CT molecular complexity index is 751. The number of anilines is 1. The first-order valence-corrected chi connectivity index (χ1v) is 8.36. The first-order valence-electron chi connectivity index (χ1n) is 8.36. The smallest absolute Gasteiger partial charge is 0.408 e. The van der Waals surface area contributed by atoms with E-state index in [2.05, 4.69) is 13.0 Å². The second-order valence-electron chi connectivity index (χ2n) is 7.00. The molecule has 0 aromatic heterocycles. The third-order valence-corrected chi connectivity index (χ3v) is 4.03. The summed E-state index contributed by atoms with van der Waals surface area (Å²) in [7, 11) is 0. The first-order chi connectivity index (χ1) is 11.7. The van der Waals surface area contributed by atoms with E-state index in [9.17, 15) is 9.90 Å². The third-order valence-electron chi connectivity index (χ3n) is 4.03. The number of rotatable bonds is 5. The minimum atomic E-state index is -0.978. The lowest BCUT2D eigenvalue weighted by Gasteiger charge is -2.33. The molecule has 1 amide bonds. The van der Waals surface area contributed by atoms with Gasteiger partial charge in [0.2, 0.25) is 0 Å². The van der Waals surface area contributed by atoms with Gasteiger partial charge in [-0.05, 0) is 68.7 Å². The summed E-state index contributed by atoms with van der Waals surface area (Å²) >= 11 is 0. The van der Waals surface area contributed by atoms with Crippen molar-refractivity contribution in [2.24, 2.45) is 0 Å². The molecule has 2 rings (SSSR count). The van der Waals surface area contributed by atoms with Crippen LogP contribution < -0.4 is 10.5 Å². The predicted molar refractivity (Wildman–Crippen MR) is 100 cm³/mol. The number of ether oxygens (including phenoxy) is 1. The number of nitrogen functional groups attached to an aromatic ring is 1. The number of nitrogens with two attached hydrogens (primary N) is 1. The van der Waals surface area contributed by atoms with Crippen molar-refractivity contribution >= 4 is 11.8 Å². The van der Waals surface area contributed by atoms with E-state index in [0.717, 1.165) is 17.7 Å². The second-order valence-corrected chi connectivity index (χ2v) is 7.00. The molecule has 0 radical (unpaired) electrons. The van der Waals surface area contributed by atoms with E-state index in [1.165, 1.54) is 10.5 Å².